The smallest absolute Gasteiger partial charge is 0.263 e. The predicted molar refractivity (Wildman–Crippen MR) is 111 cm³/mol. The summed E-state index contributed by atoms with van der Waals surface area (Å²) in [5.41, 5.74) is 4.04. The Labute approximate surface area is 165 Å². The van der Waals surface area contributed by atoms with Crippen LogP contribution in [0.15, 0.2) is 77.9 Å². The van der Waals surface area contributed by atoms with Crippen molar-refractivity contribution in [1.29, 1.82) is 0 Å². The SMILES string of the molecule is O=c1[nH]c(NCc2cn(-c3ccccc3)nc2-c2ccccc2)nc2[nH]ncc12. The molecule has 0 bridgehead atoms. The summed E-state index contributed by atoms with van der Waals surface area (Å²) in [7, 11) is 0. The van der Waals surface area contributed by atoms with E-state index in [1.807, 2.05) is 71.5 Å². The quantitative estimate of drug-likeness (QED) is 0.433. The molecule has 3 heterocycles. The molecule has 142 valence electrons. The lowest BCUT2D eigenvalue weighted by molar-refractivity contribution is 0.883. The van der Waals surface area contributed by atoms with Crippen LogP contribution in [0.4, 0.5) is 5.95 Å². The van der Waals surface area contributed by atoms with Crippen molar-refractivity contribution in [3.8, 4) is 16.9 Å². The second-order valence-corrected chi connectivity index (χ2v) is 6.55. The van der Waals surface area contributed by atoms with Gasteiger partial charge >= 0.3 is 0 Å². The number of para-hydroxylation sites is 1. The van der Waals surface area contributed by atoms with Crippen LogP contribution in [0.2, 0.25) is 0 Å². The van der Waals surface area contributed by atoms with Crippen LogP contribution in [-0.2, 0) is 6.54 Å². The summed E-state index contributed by atoms with van der Waals surface area (Å²) in [5, 5.41) is 15.0. The van der Waals surface area contributed by atoms with E-state index >= 15 is 0 Å². The molecule has 0 radical (unpaired) electrons. The van der Waals surface area contributed by atoms with Gasteiger partial charge in [-0.1, -0.05) is 48.5 Å². The number of aromatic nitrogens is 6. The number of rotatable bonds is 5. The summed E-state index contributed by atoms with van der Waals surface area (Å²) < 4.78 is 1.85. The number of hydrogen-bond donors (Lipinski definition) is 3. The summed E-state index contributed by atoms with van der Waals surface area (Å²) in [6, 6.07) is 19.9. The van der Waals surface area contributed by atoms with Crippen molar-refractivity contribution in [3.63, 3.8) is 0 Å². The zero-order valence-corrected chi connectivity index (χ0v) is 15.3. The Morgan fingerprint density at radius 1 is 1.00 bits per heavy atom. The normalized spacial score (nSPS) is 11.0. The first-order chi connectivity index (χ1) is 14.3. The average Bonchev–Trinajstić information content (AvgIpc) is 3.41. The van der Waals surface area contributed by atoms with E-state index in [1.165, 1.54) is 6.20 Å². The van der Waals surface area contributed by atoms with Crippen molar-refractivity contribution in [2.24, 2.45) is 0 Å². The molecule has 0 saturated heterocycles. The molecule has 0 spiro atoms. The van der Waals surface area contributed by atoms with Gasteiger partial charge in [0.2, 0.25) is 5.95 Å². The first-order valence-electron chi connectivity index (χ1n) is 9.14. The highest BCUT2D eigenvalue weighted by atomic mass is 16.1. The predicted octanol–water partition coefficient (Wildman–Crippen LogP) is 3.11. The second-order valence-electron chi connectivity index (χ2n) is 6.55. The first kappa shape index (κ1) is 16.9. The number of H-pyrrole nitrogens is 2. The van der Waals surface area contributed by atoms with Crippen molar-refractivity contribution < 1.29 is 0 Å². The van der Waals surface area contributed by atoms with Crippen LogP contribution in [0, 0.1) is 0 Å². The topological polar surface area (TPSA) is 104 Å². The van der Waals surface area contributed by atoms with Gasteiger partial charge in [0.1, 0.15) is 5.39 Å². The monoisotopic (exact) mass is 383 g/mol. The number of benzene rings is 2. The minimum Gasteiger partial charge on any atom is -0.351 e. The molecule has 5 rings (SSSR count). The maximum Gasteiger partial charge on any atom is 0.263 e. The van der Waals surface area contributed by atoms with Crippen LogP contribution in [-0.4, -0.2) is 29.9 Å². The average molecular weight is 383 g/mol. The summed E-state index contributed by atoms with van der Waals surface area (Å²) >= 11 is 0. The lowest BCUT2D eigenvalue weighted by Gasteiger charge is -2.05. The maximum absolute atomic E-state index is 12.1. The number of fused-ring (bicyclic) bond motifs is 1. The zero-order valence-electron chi connectivity index (χ0n) is 15.3. The second kappa shape index (κ2) is 7.08. The molecule has 5 aromatic rings. The van der Waals surface area contributed by atoms with Gasteiger partial charge in [0.25, 0.3) is 5.56 Å². The molecule has 0 saturated carbocycles. The van der Waals surface area contributed by atoms with Gasteiger partial charge in [-0.15, -0.1) is 0 Å². The van der Waals surface area contributed by atoms with Crippen LogP contribution in [0.1, 0.15) is 5.56 Å². The number of anilines is 1. The van der Waals surface area contributed by atoms with E-state index < -0.39 is 0 Å². The van der Waals surface area contributed by atoms with Gasteiger partial charge in [0, 0.05) is 23.9 Å². The molecule has 2 aromatic carbocycles. The van der Waals surface area contributed by atoms with Crippen LogP contribution >= 0.6 is 0 Å². The van der Waals surface area contributed by atoms with Crippen LogP contribution < -0.4 is 10.9 Å². The molecular weight excluding hydrogens is 366 g/mol. The van der Waals surface area contributed by atoms with Crippen molar-refractivity contribution in [2.45, 2.75) is 6.54 Å². The highest BCUT2D eigenvalue weighted by Crippen LogP contribution is 2.24. The van der Waals surface area contributed by atoms with Crippen molar-refractivity contribution in [2.75, 3.05) is 5.32 Å². The molecule has 0 aliphatic carbocycles. The van der Waals surface area contributed by atoms with Crippen molar-refractivity contribution >= 4 is 17.0 Å². The van der Waals surface area contributed by atoms with Crippen LogP contribution in [0.25, 0.3) is 28.0 Å². The molecule has 0 fully saturated rings. The maximum atomic E-state index is 12.1. The number of nitrogens with zero attached hydrogens (tertiary/aromatic N) is 4. The minimum absolute atomic E-state index is 0.241. The largest absolute Gasteiger partial charge is 0.351 e. The lowest BCUT2D eigenvalue weighted by Crippen LogP contribution is -2.12. The van der Waals surface area contributed by atoms with E-state index in [9.17, 15) is 4.79 Å². The van der Waals surface area contributed by atoms with Gasteiger partial charge in [-0.25, -0.2) is 4.68 Å². The highest BCUT2D eigenvalue weighted by molar-refractivity contribution is 5.73. The molecule has 29 heavy (non-hydrogen) atoms. The Balaban J connectivity index is 1.51. The molecule has 0 atom stereocenters. The first-order valence-corrected chi connectivity index (χ1v) is 9.14. The van der Waals surface area contributed by atoms with E-state index in [-0.39, 0.29) is 5.56 Å². The molecule has 0 aliphatic rings. The lowest BCUT2D eigenvalue weighted by atomic mass is 10.1. The zero-order chi connectivity index (χ0) is 19.6. The van der Waals surface area contributed by atoms with E-state index in [1.54, 1.807) is 0 Å². The van der Waals surface area contributed by atoms with E-state index in [4.69, 9.17) is 5.10 Å². The summed E-state index contributed by atoms with van der Waals surface area (Å²) in [6.45, 7) is 0.444. The number of aromatic amines is 2. The van der Waals surface area contributed by atoms with Gasteiger partial charge in [-0.2, -0.15) is 15.2 Å². The molecule has 0 amide bonds. The molecule has 8 heteroatoms. The van der Waals surface area contributed by atoms with Crippen LogP contribution in [0.5, 0.6) is 0 Å². The third-order valence-electron chi connectivity index (χ3n) is 4.62. The Kier molecular flexibility index (Phi) is 4.14. The van der Waals surface area contributed by atoms with Crippen molar-refractivity contribution in [3.05, 3.63) is 89.0 Å². The fourth-order valence-corrected chi connectivity index (χ4v) is 3.20. The van der Waals surface area contributed by atoms with Gasteiger partial charge in [0.15, 0.2) is 5.65 Å². The Morgan fingerprint density at radius 2 is 1.76 bits per heavy atom. The molecule has 8 nitrogen and oxygen atoms in total. The van der Waals surface area contributed by atoms with Gasteiger partial charge in [0.05, 0.1) is 17.6 Å². The van der Waals surface area contributed by atoms with Crippen LogP contribution in [0.3, 0.4) is 0 Å². The molecule has 3 aromatic heterocycles. The van der Waals surface area contributed by atoms with Gasteiger partial charge in [-0.05, 0) is 12.1 Å². The highest BCUT2D eigenvalue weighted by Gasteiger charge is 2.13. The van der Waals surface area contributed by atoms with Crippen molar-refractivity contribution in [1.82, 2.24) is 29.9 Å². The third kappa shape index (κ3) is 3.27. The molecule has 3 N–H and O–H groups in total. The molecule has 0 aliphatic heterocycles. The summed E-state index contributed by atoms with van der Waals surface area (Å²) in [5.74, 6) is 0.373. The van der Waals surface area contributed by atoms with E-state index in [0.717, 1.165) is 22.5 Å². The Hall–Kier alpha value is -4.20. The Bertz CT molecular complexity index is 1320. The Morgan fingerprint density at radius 3 is 2.55 bits per heavy atom. The van der Waals surface area contributed by atoms with E-state index in [0.29, 0.717) is 23.5 Å². The number of nitrogens with one attached hydrogen (secondary N) is 3. The van der Waals surface area contributed by atoms with Gasteiger partial charge in [-0.3, -0.25) is 14.9 Å². The summed E-state index contributed by atoms with van der Waals surface area (Å²) in [4.78, 5) is 19.2. The number of hydrogen-bond acceptors (Lipinski definition) is 5. The van der Waals surface area contributed by atoms with Gasteiger partial charge < -0.3 is 5.32 Å². The molecule has 0 unspecified atom stereocenters. The fraction of sp³-hybridized carbons (Fsp3) is 0.0476. The molecular formula is C21H17N7O. The minimum atomic E-state index is -0.241. The van der Waals surface area contributed by atoms with E-state index in [2.05, 4.69) is 25.5 Å². The fourth-order valence-electron chi connectivity index (χ4n) is 3.20. The standard InChI is InChI=1S/C21H17N7O/c29-20-17-12-23-26-19(17)24-21(25-20)22-11-15-13-28(16-9-5-2-6-10-16)27-18(15)14-7-3-1-4-8-14/h1-10,12-13H,11H2,(H3,22,23,24,25,26,29). The summed E-state index contributed by atoms with van der Waals surface area (Å²) in [6.07, 6.45) is 3.44. The third-order valence-corrected chi connectivity index (χ3v) is 4.62.